The standard InChI is InChI=1S/C28H34N2O3/c1-18-24(26(32)29-14-19-8-6-5-7-9-19)25-21(22(31)10-11-23(25)33-18)15-30-17-28(4)13-20(30)12-27(2,3)16-28/h5-11,20,31H,12-17H2,1-4H3,(H,29,32)/t20-,28+/m1/s1. The summed E-state index contributed by atoms with van der Waals surface area (Å²) in [5.41, 5.74) is 3.65. The SMILES string of the molecule is Cc1oc2ccc(O)c(CN3C[C@@]4(C)C[C@H]3CC(C)(C)C4)c2c1C(=O)NCc1ccccc1. The molecule has 2 aliphatic rings. The molecule has 5 rings (SSSR count). The molecule has 3 aromatic rings. The maximum Gasteiger partial charge on any atom is 0.255 e. The van der Waals surface area contributed by atoms with Crippen LogP contribution < -0.4 is 5.32 Å². The fraction of sp³-hybridized carbons (Fsp3) is 0.464. The van der Waals surface area contributed by atoms with Gasteiger partial charge in [0.25, 0.3) is 5.91 Å². The minimum Gasteiger partial charge on any atom is -0.508 e. The fourth-order valence-corrected chi connectivity index (χ4v) is 6.63. The minimum absolute atomic E-state index is 0.171. The third-order valence-corrected chi connectivity index (χ3v) is 7.52. The molecule has 1 aliphatic carbocycles. The number of phenolic OH excluding ortho intramolecular Hbond substituents is 1. The minimum atomic E-state index is -0.171. The summed E-state index contributed by atoms with van der Waals surface area (Å²) < 4.78 is 5.98. The highest BCUT2D eigenvalue weighted by Crippen LogP contribution is 2.53. The van der Waals surface area contributed by atoms with E-state index in [0.29, 0.717) is 46.9 Å². The van der Waals surface area contributed by atoms with Crippen molar-refractivity contribution in [1.29, 1.82) is 0 Å². The average molecular weight is 447 g/mol. The third-order valence-electron chi connectivity index (χ3n) is 7.52. The van der Waals surface area contributed by atoms with Crippen LogP contribution in [0.25, 0.3) is 11.0 Å². The lowest BCUT2D eigenvalue weighted by Crippen LogP contribution is -2.34. The van der Waals surface area contributed by atoms with Crippen LogP contribution in [0.4, 0.5) is 0 Å². The molecule has 5 nitrogen and oxygen atoms in total. The maximum absolute atomic E-state index is 13.3. The quantitative estimate of drug-likeness (QED) is 0.522. The number of carbonyl (C=O) groups excluding carboxylic acids is 1. The van der Waals surface area contributed by atoms with Crippen LogP contribution in [0, 0.1) is 17.8 Å². The molecule has 1 aromatic heterocycles. The molecular weight excluding hydrogens is 412 g/mol. The van der Waals surface area contributed by atoms with Gasteiger partial charge >= 0.3 is 0 Å². The second kappa shape index (κ2) is 7.91. The van der Waals surface area contributed by atoms with E-state index in [9.17, 15) is 9.90 Å². The van der Waals surface area contributed by atoms with Crippen molar-refractivity contribution < 1.29 is 14.3 Å². The first-order valence-electron chi connectivity index (χ1n) is 11.9. The van der Waals surface area contributed by atoms with Crippen LogP contribution in [0.15, 0.2) is 46.9 Å². The molecule has 2 fully saturated rings. The van der Waals surface area contributed by atoms with E-state index in [0.717, 1.165) is 29.5 Å². The second-order valence-electron chi connectivity index (χ2n) is 11.3. The molecule has 0 unspecified atom stereocenters. The summed E-state index contributed by atoms with van der Waals surface area (Å²) in [4.78, 5) is 15.8. The van der Waals surface area contributed by atoms with E-state index in [1.54, 1.807) is 12.1 Å². The van der Waals surface area contributed by atoms with Crippen molar-refractivity contribution in [2.45, 2.75) is 66.1 Å². The second-order valence-corrected chi connectivity index (χ2v) is 11.3. The van der Waals surface area contributed by atoms with Crippen molar-refractivity contribution in [3.8, 4) is 5.75 Å². The predicted octanol–water partition coefficient (Wildman–Crippen LogP) is 5.78. The lowest BCUT2D eigenvalue weighted by atomic mass is 9.65. The zero-order valence-corrected chi connectivity index (χ0v) is 20.1. The van der Waals surface area contributed by atoms with E-state index in [-0.39, 0.29) is 11.7 Å². The van der Waals surface area contributed by atoms with Gasteiger partial charge in [-0.2, -0.15) is 0 Å². The molecule has 0 spiro atoms. The molecule has 33 heavy (non-hydrogen) atoms. The number of hydrogen-bond acceptors (Lipinski definition) is 4. The van der Waals surface area contributed by atoms with Gasteiger partial charge in [0.15, 0.2) is 0 Å². The van der Waals surface area contributed by atoms with Gasteiger partial charge in [0, 0.05) is 36.6 Å². The topological polar surface area (TPSA) is 65.7 Å². The number of nitrogens with one attached hydrogen (secondary N) is 1. The Bertz CT molecular complexity index is 1200. The molecule has 2 heterocycles. The Morgan fingerprint density at radius 2 is 1.91 bits per heavy atom. The Morgan fingerprint density at radius 1 is 1.15 bits per heavy atom. The highest BCUT2D eigenvalue weighted by Gasteiger charge is 2.49. The van der Waals surface area contributed by atoms with Gasteiger partial charge in [0.05, 0.1) is 5.56 Å². The summed E-state index contributed by atoms with van der Waals surface area (Å²) in [7, 11) is 0. The first-order chi connectivity index (χ1) is 15.6. The summed E-state index contributed by atoms with van der Waals surface area (Å²) in [5.74, 6) is 0.636. The normalized spacial score (nSPS) is 24.3. The number of benzene rings is 2. The monoisotopic (exact) mass is 446 g/mol. The number of furan rings is 1. The van der Waals surface area contributed by atoms with E-state index >= 15 is 0 Å². The van der Waals surface area contributed by atoms with Gasteiger partial charge in [0.2, 0.25) is 0 Å². The molecule has 1 aliphatic heterocycles. The molecule has 174 valence electrons. The molecule has 0 radical (unpaired) electrons. The van der Waals surface area contributed by atoms with Gasteiger partial charge in [-0.25, -0.2) is 0 Å². The lowest BCUT2D eigenvalue weighted by molar-refractivity contribution is 0.0950. The predicted molar refractivity (Wildman–Crippen MR) is 130 cm³/mol. The van der Waals surface area contributed by atoms with Gasteiger partial charge in [-0.1, -0.05) is 51.1 Å². The van der Waals surface area contributed by atoms with Crippen LogP contribution in [0.2, 0.25) is 0 Å². The van der Waals surface area contributed by atoms with Crippen LogP contribution in [-0.2, 0) is 13.1 Å². The number of likely N-dealkylation sites (tertiary alicyclic amines) is 1. The van der Waals surface area contributed by atoms with Gasteiger partial charge in [-0.15, -0.1) is 0 Å². The molecule has 2 atom stereocenters. The van der Waals surface area contributed by atoms with Crippen molar-refractivity contribution in [2.75, 3.05) is 6.54 Å². The van der Waals surface area contributed by atoms with Crippen molar-refractivity contribution in [3.63, 3.8) is 0 Å². The number of phenols is 1. The summed E-state index contributed by atoms with van der Waals surface area (Å²) in [6.07, 6.45) is 3.58. The number of nitrogens with zero attached hydrogens (tertiary/aromatic N) is 1. The number of aromatic hydroxyl groups is 1. The van der Waals surface area contributed by atoms with E-state index < -0.39 is 0 Å². The zero-order chi connectivity index (χ0) is 23.4. The van der Waals surface area contributed by atoms with Gasteiger partial charge in [-0.05, 0) is 54.7 Å². The molecule has 1 saturated heterocycles. The van der Waals surface area contributed by atoms with E-state index in [1.807, 2.05) is 37.3 Å². The number of fused-ring (bicyclic) bond motifs is 3. The van der Waals surface area contributed by atoms with Crippen molar-refractivity contribution in [3.05, 3.63) is 64.9 Å². The lowest BCUT2D eigenvalue weighted by Gasteiger charge is -2.40. The number of hydrogen-bond donors (Lipinski definition) is 2. The maximum atomic E-state index is 13.3. The average Bonchev–Trinajstić information content (AvgIpc) is 3.20. The smallest absolute Gasteiger partial charge is 0.255 e. The van der Waals surface area contributed by atoms with E-state index in [2.05, 4.69) is 31.0 Å². The Balaban J connectivity index is 1.47. The highest BCUT2D eigenvalue weighted by atomic mass is 16.3. The summed E-state index contributed by atoms with van der Waals surface area (Å²) >= 11 is 0. The third kappa shape index (κ3) is 4.15. The van der Waals surface area contributed by atoms with E-state index in [1.165, 1.54) is 12.8 Å². The Kier molecular flexibility index (Phi) is 5.28. The van der Waals surface area contributed by atoms with Crippen LogP contribution in [0.5, 0.6) is 5.75 Å². The van der Waals surface area contributed by atoms with Crippen LogP contribution in [-0.4, -0.2) is 28.5 Å². The molecule has 2 bridgehead atoms. The Hall–Kier alpha value is -2.79. The Labute approximate surface area is 195 Å². The van der Waals surface area contributed by atoms with Crippen molar-refractivity contribution in [2.24, 2.45) is 10.8 Å². The number of carbonyl (C=O) groups is 1. The van der Waals surface area contributed by atoms with Gasteiger partial charge in [-0.3, -0.25) is 9.69 Å². The largest absolute Gasteiger partial charge is 0.508 e. The molecule has 1 amide bonds. The zero-order valence-electron chi connectivity index (χ0n) is 20.1. The number of aryl methyl sites for hydroxylation is 1. The summed E-state index contributed by atoms with van der Waals surface area (Å²) in [5, 5.41) is 14.7. The summed E-state index contributed by atoms with van der Waals surface area (Å²) in [6, 6.07) is 13.8. The van der Waals surface area contributed by atoms with Crippen molar-refractivity contribution >= 4 is 16.9 Å². The molecular formula is C28H34N2O3. The molecule has 1 saturated carbocycles. The van der Waals surface area contributed by atoms with Gasteiger partial charge in [0.1, 0.15) is 17.1 Å². The molecule has 2 aromatic carbocycles. The number of rotatable bonds is 5. The summed E-state index contributed by atoms with van der Waals surface area (Å²) in [6.45, 7) is 11.0. The van der Waals surface area contributed by atoms with Crippen molar-refractivity contribution in [1.82, 2.24) is 10.2 Å². The number of amides is 1. The first kappa shape index (κ1) is 22.0. The highest BCUT2D eigenvalue weighted by molar-refractivity contribution is 6.08. The van der Waals surface area contributed by atoms with Crippen LogP contribution in [0.1, 0.15) is 67.3 Å². The van der Waals surface area contributed by atoms with E-state index in [4.69, 9.17) is 4.42 Å². The Morgan fingerprint density at radius 3 is 2.67 bits per heavy atom. The molecule has 5 heteroatoms. The van der Waals surface area contributed by atoms with Crippen LogP contribution >= 0.6 is 0 Å². The van der Waals surface area contributed by atoms with Crippen LogP contribution in [0.3, 0.4) is 0 Å². The first-order valence-corrected chi connectivity index (χ1v) is 11.9. The van der Waals surface area contributed by atoms with Gasteiger partial charge < -0.3 is 14.8 Å². The fourth-order valence-electron chi connectivity index (χ4n) is 6.63. The molecule has 2 N–H and O–H groups in total.